The zero-order valence-corrected chi connectivity index (χ0v) is 25.9. The van der Waals surface area contributed by atoms with Crippen LogP contribution >= 0.6 is 0 Å². The van der Waals surface area contributed by atoms with Gasteiger partial charge < -0.3 is 15.5 Å². The number of alkyl halides is 7. The summed E-state index contributed by atoms with van der Waals surface area (Å²) in [6, 6.07) is -4.02. The fraction of sp³-hybridized carbons (Fsp3) is 0.679. The predicted molar refractivity (Wildman–Crippen MR) is 150 cm³/mol. The highest BCUT2D eigenvalue weighted by Gasteiger charge is 2.55. The number of imidazole rings is 1. The lowest BCUT2D eigenvalue weighted by Gasteiger charge is -2.46. The highest BCUT2D eigenvalue weighted by Crippen LogP contribution is 2.43. The second-order valence-corrected chi connectivity index (χ2v) is 12.9. The largest absolute Gasteiger partial charge is 0.410 e. The van der Waals surface area contributed by atoms with Crippen molar-refractivity contribution in [2.45, 2.75) is 88.0 Å². The van der Waals surface area contributed by atoms with E-state index in [0.717, 1.165) is 11.8 Å². The van der Waals surface area contributed by atoms with E-state index in [1.807, 2.05) is 5.32 Å². The minimum absolute atomic E-state index is 0.0143. The van der Waals surface area contributed by atoms with Crippen LogP contribution in [0.1, 0.15) is 79.1 Å². The van der Waals surface area contributed by atoms with Crippen molar-refractivity contribution in [3.8, 4) is 0 Å². The highest BCUT2D eigenvalue weighted by atomic mass is 19.4. The summed E-state index contributed by atoms with van der Waals surface area (Å²) in [4.78, 5) is 37.8. The molecule has 3 aromatic heterocycles. The molecule has 0 radical (unpaired) electrons. The molecule has 2 saturated heterocycles. The molecule has 2 aliphatic heterocycles. The number of likely N-dealkylation sites (tertiary alicyclic amines) is 1. The summed E-state index contributed by atoms with van der Waals surface area (Å²) in [5, 5.41) is 16.3. The number of urea groups is 1. The van der Waals surface area contributed by atoms with Gasteiger partial charge in [0.05, 0.1) is 48.5 Å². The number of rotatable bonds is 8. The average Bonchev–Trinajstić information content (AvgIpc) is 3.73. The van der Waals surface area contributed by atoms with Crippen LogP contribution < -0.4 is 10.6 Å². The van der Waals surface area contributed by atoms with Crippen molar-refractivity contribution < 1.29 is 45.0 Å². The van der Waals surface area contributed by atoms with E-state index in [2.05, 4.69) is 35.3 Å². The van der Waals surface area contributed by atoms with Crippen LogP contribution in [-0.2, 0) is 5.54 Å². The maximum absolute atomic E-state index is 14.1. The van der Waals surface area contributed by atoms with Gasteiger partial charge in [0.25, 0.3) is 17.6 Å². The number of hydrogen-bond acceptors (Lipinski definition) is 9. The molecule has 262 valence electrons. The van der Waals surface area contributed by atoms with Crippen molar-refractivity contribution in [3.63, 3.8) is 0 Å². The first-order chi connectivity index (χ1) is 22.4. The van der Waals surface area contributed by atoms with E-state index in [9.17, 15) is 40.3 Å². The zero-order valence-electron chi connectivity index (χ0n) is 25.9. The standard InChI is InChI=1S/C28H33F7N10O3/c1-15-20(42-48-41-15)22(46)40-21(16-3-5-27(31,32)6-4-16)17-12-45-23(37-17)38-18(11-36-45)26(7-9-43(10-8-26)14-25(2,29)30)44-13-19(28(33,34)35)39-24(44)47/h11-12,16,19,21H,3-10,13-14H2,1-2H3,(H,39,47)(H,40,46)/t19-,21-/m0/s1. The Morgan fingerprint density at radius 2 is 1.79 bits per heavy atom. The number of carbonyl (C=O) groups is 2. The Morgan fingerprint density at radius 3 is 2.38 bits per heavy atom. The second-order valence-electron chi connectivity index (χ2n) is 12.9. The van der Waals surface area contributed by atoms with Gasteiger partial charge in [0.1, 0.15) is 11.7 Å². The number of amides is 3. The Kier molecular flexibility index (Phi) is 8.52. The molecule has 1 aliphatic carbocycles. The molecule has 13 nitrogen and oxygen atoms in total. The third-order valence-electron chi connectivity index (χ3n) is 9.40. The fourth-order valence-corrected chi connectivity index (χ4v) is 6.87. The van der Waals surface area contributed by atoms with Crippen molar-refractivity contribution >= 4 is 17.7 Å². The van der Waals surface area contributed by atoms with Crippen molar-refractivity contribution in [1.82, 2.24) is 50.3 Å². The third kappa shape index (κ3) is 6.75. The first-order valence-corrected chi connectivity index (χ1v) is 15.4. The Morgan fingerprint density at radius 1 is 1.10 bits per heavy atom. The summed E-state index contributed by atoms with van der Waals surface area (Å²) in [6.07, 6.45) is -2.68. The van der Waals surface area contributed by atoms with Gasteiger partial charge >= 0.3 is 12.2 Å². The minimum Gasteiger partial charge on any atom is -0.342 e. The number of carbonyl (C=O) groups excluding carboxylic acids is 2. The molecule has 0 unspecified atom stereocenters. The average molecular weight is 691 g/mol. The molecular formula is C28H33F7N10O3. The highest BCUT2D eigenvalue weighted by molar-refractivity contribution is 5.93. The van der Waals surface area contributed by atoms with Gasteiger partial charge in [0.15, 0.2) is 5.69 Å². The molecule has 0 aromatic carbocycles. The maximum atomic E-state index is 14.1. The Bertz CT molecular complexity index is 1650. The molecule has 5 heterocycles. The van der Waals surface area contributed by atoms with Crippen molar-refractivity contribution in [2.24, 2.45) is 5.92 Å². The Hall–Kier alpha value is -4.10. The van der Waals surface area contributed by atoms with Crippen molar-refractivity contribution in [3.05, 3.63) is 35.2 Å². The molecule has 3 aromatic rings. The topological polar surface area (TPSA) is 147 Å². The lowest BCUT2D eigenvalue weighted by atomic mass is 9.81. The summed E-state index contributed by atoms with van der Waals surface area (Å²) < 4.78 is 103. The van der Waals surface area contributed by atoms with Crippen LogP contribution in [0.2, 0.25) is 0 Å². The first kappa shape index (κ1) is 33.8. The number of nitrogens with zero attached hydrogens (tertiary/aromatic N) is 8. The van der Waals surface area contributed by atoms with Gasteiger partial charge in [0.2, 0.25) is 5.92 Å². The molecule has 0 spiro atoms. The van der Waals surface area contributed by atoms with E-state index in [1.54, 1.807) is 0 Å². The molecule has 0 bridgehead atoms. The number of aryl methyl sites for hydroxylation is 1. The van der Waals surface area contributed by atoms with Gasteiger partial charge in [-0.25, -0.2) is 41.5 Å². The molecule has 1 saturated carbocycles. The molecule has 3 fully saturated rings. The normalized spacial score (nSPS) is 23.0. The summed E-state index contributed by atoms with van der Waals surface area (Å²) in [5.74, 6) is -7.02. The molecule has 20 heteroatoms. The molecular weight excluding hydrogens is 657 g/mol. The molecule has 3 aliphatic rings. The second kappa shape index (κ2) is 12.1. The van der Waals surface area contributed by atoms with Gasteiger partial charge in [0, 0.05) is 32.9 Å². The molecule has 2 atom stereocenters. The van der Waals surface area contributed by atoms with E-state index in [0.29, 0.717) is 0 Å². The van der Waals surface area contributed by atoms with Gasteiger partial charge in [-0.15, -0.1) is 0 Å². The van der Waals surface area contributed by atoms with Crippen LogP contribution in [0.4, 0.5) is 35.5 Å². The van der Waals surface area contributed by atoms with Crippen molar-refractivity contribution in [2.75, 3.05) is 26.2 Å². The smallest absolute Gasteiger partial charge is 0.342 e. The predicted octanol–water partition coefficient (Wildman–Crippen LogP) is 4.01. The minimum atomic E-state index is -4.73. The molecule has 3 amide bonds. The molecule has 6 rings (SSSR count). The first-order valence-electron chi connectivity index (χ1n) is 15.4. The van der Waals surface area contributed by atoms with Gasteiger partial charge in [-0.05, 0) is 43.7 Å². The SMILES string of the molecule is Cc1nonc1C(=O)N[C@H](c1cn2ncc(C3(N4C[C@@H](C(F)(F)F)NC4=O)CCN(CC(C)(F)F)CC3)nc2n1)C1CCC(F)(F)CC1. The Labute approximate surface area is 268 Å². The van der Waals surface area contributed by atoms with Crippen LogP contribution in [-0.4, -0.2) is 102 Å². The number of piperidine rings is 1. The van der Waals surface area contributed by atoms with Gasteiger partial charge in [-0.1, -0.05) is 5.16 Å². The maximum Gasteiger partial charge on any atom is 0.410 e. The zero-order chi connectivity index (χ0) is 34.6. The van der Waals surface area contributed by atoms with Crippen LogP contribution in [0.25, 0.3) is 5.78 Å². The number of fused-ring (bicyclic) bond motifs is 1. The number of hydrogen-bond donors (Lipinski definition) is 2. The molecule has 48 heavy (non-hydrogen) atoms. The quantitative estimate of drug-likeness (QED) is 0.335. The number of nitrogens with one attached hydrogen (secondary N) is 2. The number of halogens is 7. The lowest BCUT2D eigenvalue weighted by molar-refractivity contribution is -0.151. The van der Waals surface area contributed by atoms with Crippen LogP contribution in [0, 0.1) is 12.8 Å². The van der Waals surface area contributed by atoms with E-state index in [1.165, 1.54) is 28.7 Å². The summed E-state index contributed by atoms with van der Waals surface area (Å²) in [7, 11) is 0. The Balaban J connectivity index is 1.35. The molecule has 2 N–H and O–H groups in total. The van der Waals surface area contributed by atoms with Gasteiger partial charge in [-0.2, -0.15) is 18.3 Å². The van der Waals surface area contributed by atoms with E-state index in [-0.39, 0.29) is 67.3 Å². The van der Waals surface area contributed by atoms with Crippen molar-refractivity contribution in [1.29, 1.82) is 0 Å². The van der Waals surface area contributed by atoms with E-state index >= 15 is 0 Å². The summed E-state index contributed by atoms with van der Waals surface area (Å²) in [5.41, 5.74) is -0.990. The third-order valence-corrected chi connectivity index (χ3v) is 9.40. The lowest BCUT2D eigenvalue weighted by Crippen LogP contribution is -2.56. The van der Waals surface area contributed by atoms with Crippen LogP contribution in [0.3, 0.4) is 0 Å². The number of aromatic nitrogens is 6. The van der Waals surface area contributed by atoms with E-state index in [4.69, 9.17) is 0 Å². The van der Waals surface area contributed by atoms with Crippen LogP contribution in [0.15, 0.2) is 17.0 Å². The van der Waals surface area contributed by atoms with E-state index < -0.39 is 79.4 Å². The van der Waals surface area contributed by atoms with Crippen LogP contribution in [0.5, 0.6) is 0 Å². The summed E-state index contributed by atoms with van der Waals surface area (Å²) >= 11 is 0. The fourth-order valence-electron chi connectivity index (χ4n) is 6.87. The monoisotopic (exact) mass is 690 g/mol. The summed E-state index contributed by atoms with van der Waals surface area (Å²) in [6.45, 7) is 1.05. The van der Waals surface area contributed by atoms with Gasteiger partial charge in [-0.3, -0.25) is 9.69 Å².